The van der Waals surface area contributed by atoms with Crippen molar-refractivity contribution in [1.29, 1.82) is 0 Å². The highest BCUT2D eigenvalue weighted by molar-refractivity contribution is 6.28. The van der Waals surface area contributed by atoms with Crippen molar-refractivity contribution in [2.75, 3.05) is 18.5 Å². The number of imidazole rings is 1. The van der Waals surface area contributed by atoms with Gasteiger partial charge in [0.1, 0.15) is 18.9 Å². The van der Waals surface area contributed by atoms with E-state index >= 15 is 0 Å². The zero-order valence-corrected chi connectivity index (χ0v) is 25.7. The molecule has 0 bridgehead atoms. The fourth-order valence-corrected chi connectivity index (χ4v) is 5.44. The first kappa shape index (κ1) is 33.4. The van der Waals surface area contributed by atoms with Gasteiger partial charge in [0.25, 0.3) is 5.91 Å². The molecule has 2 aliphatic heterocycles. The molecule has 4 atom stereocenters. The van der Waals surface area contributed by atoms with Gasteiger partial charge in [-0.05, 0) is 18.0 Å². The lowest BCUT2D eigenvalue weighted by Gasteiger charge is -2.25. The van der Waals surface area contributed by atoms with Crippen LogP contribution in [-0.4, -0.2) is 73.7 Å². The van der Waals surface area contributed by atoms with Gasteiger partial charge in [0, 0.05) is 19.3 Å². The fourth-order valence-electron chi connectivity index (χ4n) is 5.27. The van der Waals surface area contributed by atoms with Gasteiger partial charge in [-0.25, -0.2) is 9.78 Å². The van der Waals surface area contributed by atoms with Crippen LogP contribution in [0.15, 0.2) is 6.33 Å². The molecule has 0 unspecified atom stereocenters. The third-order valence-electron chi connectivity index (χ3n) is 7.80. The Morgan fingerprint density at radius 3 is 2.52 bits per heavy atom. The molecule has 4 heterocycles. The van der Waals surface area contributed by atoms with E-state index in [0.717, 1.165) is 19.3 Å². The molecule has 0 aromatic carbocycles. The van der Waals surface area contributed by atoms with Crippen LogP contribution in [0, 0.1) is 12.3 Å². The third-order valence-corrected chi connectivity index (χ3v) is 7.97. The average molecular weight is 634 g/mol. The van der Waals surface area contributed by atoms with Gasteiger partial charge in [-0.3, -0.25) is 14.2 Å². The highest BCUT2D eigenvalue weighted by atomic mass is 35.5. The summed E-state index contributed by atoms with van der Waals surface area (Å²) in [6.07, 6.45) is 15.3. The number of halogens is 1. The van der Waals surface area contributed by atoms with Gasteiger partial charge in [-0.15, -0.1) is 6.42 Å². The predicted octanol–water partition coefficient (Wildman–Crippen LogP) is 4.85. The minimum atomic E-state index is -1.64. The van der Waals surface area contributed by atoms with Gasteiger partial charge in [0.2, 0.25) is 5.28 Å². The maximum absolute atomic E-state index is 12.6. The third kappa shape index (κ3) is 8.58. The van der Waals surface area contributed by atoms with E-state index in [4.69, 9.17) is 37.0 Å². The van der Waals surface area contributed by atoms with E-state index < -0.39 is 48.7 Å². The maximum Gasteiger partial charge on any atom is 0.508 e. The van der Waals surface area contributed by atoms with Crippen molar-refractivity contribution < 1.29 is 38.4 Å². The van der Waals surface area contributed by atoms with Crippen LogP contribution in [0.2, 0.25) is 5.28 Å². The topological polar surface area (TPSA) is 164 Å². The minimum absolute atomic E-state index is 0.0157. The number of esters is 1. The van der Waals surface area contributed by atoms with Crippen molar-refractivity contribution in [2.45, 2.75) is 114 Å². The van der Waals surface area contributed by atoms with E-state index in [1.54, 1.807) is 0 Å². The van der Waals surface area contributed by atoms with E-state index in [0.29, 0.717) is 0 Å². The van der Waals surface area contributed by atoms with Crippen molar-refractivity contribution in [3.05, 3.63) is 11.6 Å². The lowest BCUT2D eigenvalue weighted by atomic mass is 9.99. The Hall–Kier alpha value is -3.47. The SMILES string of the molecule is C#C[C@]1(COC(=O)OCCCCCCCCCCCC)O[C@@H](n2cnc3c(NC(=O)[C@H]4CCC(=O)O4)nc(Cl)nc32)C[C@@H]1O. The summed E-state index contributed by atoms with van der Waals surface area (Å²) >= 11 is 6.13. The van der Waals surface area contributed by atoms with Crippen molar-refractivity contribution in [3.8, 4) is 12.3 Å². The van der Waals surface area contributed by atoms with E-state index in [2.05, 4.69) is 33.1 Å². The molecule has 240 valence electrons. The number of aliphatic hydroxyl groups excluding tert-OH is 1. The van der Waals surface area contributed by atoms with Crippen LogP contribution in [0.5, 0.6) is 0 Å². The number of aromatic nitrogens is 4. The number of rotatable bonds is 16. The molecule has 0 radical (unpaired) electrons. The van der Waals surface area contributed by atoms with Crippen LogP contribution in [0.3, 0.4) is 0 Å². The normalized spacial score (nSPS) is 23.0. The van der Waals surface area contributed by atoms with Crippen molar-refractivity contribution in [2.24, 2.45) is 0 Å². The zero-order chi connectivity index (χ0) is 31.5. The minimum Gasteiger partial charge on any atom is -0.452 e. The second-order valence-electron chi connectivity index (χ2n) is 11.1. The summed E-state index contributed by atoms with van der Waals surface area (Å²) in [5.74, 6) is 1.41. The summed E-state index contributed by atoms with van der Waals surface area (Å²) in [7, 11) is 0. The standard InChI is InChI=1S/C30H40ClN5O8/c1-3-5-6-7-8-9-10-11-12-13-16-41-29(40)42-18-30(4-2)21(37)17-22(44-30)36-19-32-24-25(34-28(31)35-26(24)36)33-27(39)20-14-15-23(38)43-20/h2,19-22,37H,3,5-18H2,1H3,(H,33,34,35,39)/t20-,21+,22-,30-/m1/s1. The van der Waals surface area contributed by atoms with Crippen LogP contribution < -0.4 is 5.32 Å². The molecule has 2 aromatic rings. The van der Waals surface area contributed by atoms with Gasteiger partial charge < -0.3 is 29.4 Å². The summed E-state index contributed by atoms with van der Waals surface area (Å²) in [5.41, 5.74) is -1.25. The number of hydrogen-bond acceptors (Lipinski definition) is 11. The molecule has 14 heteroatoms. The van der Waals surface area contributed by atoms with E-state index in [-0.39, 0.29) is 48.1 Å². The van der Waals surface area contributed by atoms with Crippen LogP contribution in [0.4, 0.5) is 10.6 Å². The van der Waals surface area contributed by atoms with Gasteiger partial charge >= 0.3 is 12.1 Å². The molecule has 2 N–H and O–H groups in total. The molecule has 44 heavy (non-hydrogen) atoms. The Morgan fingerprint density at radius 2 is 1.86 bits per heavy atom. The summed E-state index contributed by atoms with van der Waals surface area (Å²) in [6.45, 7) is 2.02. The molecular formula is C30H40ClN5O8. The molecule has 1 amide bonds. The number of fused-ring (bicyclic) bond motifs is 1. The highest BCUT2D eigenvalue weighted by Gasteiger charge is 2.49. The number of amides is 1. The van der Waals surface area contributed by atoms with Gasteiger partial charge in [0.15, 0.2) is 28.7 Å². The summed E-state index contributed by atoms with van der Waals surface area (Å²) in [6, 6.07) is 0. The first-order valence-electron chi connectivity index (χ1n) is 15.3. The number of cyclic esters (lactones) is 1. The smallest absolute Gasteiger partial charge is 0.452 e. The number of aliphatic hydroxyl groups is 1. The predicted molar refractivity (Wildman–Crippen MR) is 160 cm³/mol. The monoisotopic (exact) mass is 633 g/mol. The number of carbonyl (C=O) groups is 3. The van der Waals surface area contributed by atoms with Crippen molar-refractivity contribution in [3.63, 3.8) is 0 Å². The van der Waals surface area contributed by atoms with Crippen LogP contribution in [0.25, 0.3) is 11.2 Å². The van der Waals surface area contributed by atoms with E-state index in [9.17, 15) is 19.5 Å². The Balaban J connectivity index is 1.27. The van der Waals surface area contributed by atoms with Gasteiger partial charge in [-0.2, -0.15) is 9.97 Å². The quantitative estimate of drug-likeness (QED) is 0.112. The summed E-state index contributed by atoms with van der Waals surface area (Å²) in [4.78, 5) is 48.8. The molecular weight excluding hydrogens is 594 g/mol. The maximum atomic E-state index is 12.6. The van der Waals surface area contributed by atoms with Crippen molar-refractivity contribution in [1.82, 2.24) is 19.5 Å². The van der Waals surface area contributed by atoms with Crippen LogP contribution >= 0.6 is 11.6 Å². The van der Waals surface area contributed by atoms with E-state index in [1.165, 1.54) is 55.8 Å². The second kappa shape index (κ2) is 16.0. The number of unbranched alkanes of at least 4 members (excludes halogenated alkanes) is 9. The van der Waals surface area contributed by atoms with Crippen LogP contribution in [-0.2, 0) is 28.5 Å². The lowest BCUT2D eigenvalue weighted by Crippen LogP contribution is -2.43. The lowest BCUT2D eigenvalue weighted by molar-refractivity contribution is -0.146. The first-order chi connectivity index (χ1) is 21.3. The Morgan fingerprint density at radius 1 is 1.16 bits per heavy atom. The summed E-state index contributed by atoms with van der Waals surface area (Å²) < 4.78 is 22.9. The fraction of sp³-hybridized carbons (Fsp3) is 0.667. The number of hydrogen-bond donors (Lipinski definition) is 2. The number of nitrogens with zero attached hydrogens (tertiary/aromatic N) is 4. The summed E-state index contributed by atoms with van der Waals surface area (Å²) in [5, 5.41) is 13.2. The van der Waals surface area contributed by atoms with Gasteiger partial charge in [0.05, 0.1) is 12.9 Å². The number of anilines is 1. The number of ether oxygens (including phenoxy) is 4. The number of nitrogens with one attached hydrogen (secondary N) is 1. The van der Waals surface area contributed by atoms with Crippen LogP contribution in [0.1, 0.15) is 96.6 Å². The second-order valence-corrected chi connectivity index (χ2v) is 11.4. The Labute approximate surface area is 261 Å². The molecule has 4 rings (SSSR count). The zero-order valence-electron chi connectivity index (χ0n) is 25.0. The van der Waals surface area contributed by atoms with E-state index in [1.807, 2.05) is 0 Å². The molecule has 2 aromatic heterocycles. The largest absolute Gasteiger partial charge is 0.508 e. The molecule has 13 nitrogen and oxygen atoms in total. The average Bonchev–Trinajstić information content (AvgIpc) is 3.72. The number of terminal acetylenes is 1. The molecule has 2 saturated heterocycles. The molecule has 0 spiro atoms. The van der Waals surface area contributed by atoms with Gasteiger partial charge in [-0.1, -0.05) is 70.6 Å². The molecule has 0 aliphatic carbocycles. The molecule has 0 saturated carbocycles. The number of carbonyl (C=O) groups excluding carboxylic acids is 3. The Bertz CT molecular complexity index is 1350. The highest BCUT2D eigenvalue weighted by Crippen LogP contribution is 2.38. The molecule has 2 aliphatic rings. The first-order valence-corrected chi connectivity index (χ1v) is 15.7. The van der Waals surface area contributed by atoms with Crippen molar-refractivity contribution >= 4 is 46.6 Å². The Kier molecular flexibility index (Phi) is 12.2. The molecule has 2 fully saturated rings.